The number of sulfonamides is 1. The fourth-order valence-electron chi connectivity index (χ4n) is 2.13. The number of hydrogen-bond acceptors (Lipinski definition) is 3. The van der Waals surface area contributed by atoms with Crippen LogP contribution < -0.4 is 4.72 Å². The van der Waals surface area contributed by atoms with Gasteiger partial charge in [-0.15, -0.1) is 0 Å². The van der Waals surface area contributed by atoms with Gasteiger partial charge in [0.1, 0.15) is 0 Å². The first-order valence-electron chi connectivity index (χ1n) is 7.67. The molecule has 130 valence electrons. The highest BCUT2D eigenvalue weighted by atomic mass is 32.2. The number of rotatable bonds is 5. The van der Waals surface area contributed by atoms with Gasteiger partial charge in [-0.05, 0) is 51.5 Å². The van der Waals surface area contributed by atoms with Gasteiger partial charge >= 0.3 is 0 Å². The Labute approximate surface area is 146 Å². The maximum absolute atomic E-state index is 12.7. The summed E-state index contributed by atoms with van der Waals surface area (Å²) in [6, 6.07) is 13.9. The molecule has 0 amide bonds. The van der Waals surface area contributed by atoms with Crippen molar-refractivity contribution >= 4 is 20.8 Å². The quantitative estimate of drug-likeness (QED) is 0.883. The van der Waals surface area contributed by atoms with E-state index in [0.717, 1.165) is 11.1 Å². The lowest BCUT2D eigenvalue weighted by Crippen LogP contribution is -2.26. The highest BCUT2D eigenvalue weighted by molar-refractivity contribution is 7.89. The van der Waals surface area contributed by atoms with Crippen molar-refractivity contribution in [2.45, 2.75) is 48.8 Å². The highest BCUT2D eigenvalue weighted by Crippen LogP contribution is 2.23. The van der Waals surface area contributed by atoms with Crippen LogP contribution in [0.4, 0.5) is 0 Å². The fourth-order valence-corrected chi connectivity index (χ4v) is 4.38. The summed E-state index contributed by atoms with van der Waals surface area (Å²) in [4.78, 5) is 0.888. The standard InChI is InChI=1S/C18H23NO3S2/c1-14-9-11-16(12-10-14)24(21,22)19-13-15-7-5-6-8-17(15)23(20)18(2,3)4/h5-12,19H,13H2,1-4H3. The van der Waals surface area contributed by atoms with Crippen LogP contribution >= 0.6 is 0 Å². The Morgan fingerprint density at radius 3 is 2.17 bits per heavy atom. The molecule has 0 bridgehead atoms. The zero-order valence-electron chi connectivity index (χ0n) is 14.4. The van der Waals surface area contributed by atoms with Crippen LogP contribution in [0.15, 0.2) is 58.3 Å². The van der Waals surface area contributed by atoms with Gasteiger partial charge < -0.3 is 0 Å². The summed E-state index contributed by atoms with van der Waals surface area (Å²) >= 11 is 0. The van der Waals surface area contributed by atoms with Gasteiger partial charge in [-0.1, -0.05) is 35.9 Å². The summed E-state index contributed by atoms with van der Waals surface area (Å²) in [5.41, 5.74) is 1.72. The molecule has 0 aliphatic heterocycles. The molecule has 6 heteroatoms. The number of aryl methyl sites for hydroxylation is 1. The van der Waals surface area contributed by atoms with E-state index in [0.29, 0.717) is 4.90 Å². The minimum atomic E-state index is -3.60. The zero-order chi connectivity index (χ0) is 18.0. The van der Waals surface area contributed by atoms with Gasteiger partial charge in [-0.3, -0.25) is 4.21 Å². The molecule has 0 aliphatic carbocycles. The second-order valence-corrected chi connectivity index (χ2v) is 10.6. The van der Waals surface area contributed by atoms with Crippen LogP contribution in [0.5, 0.6) is 0 Å². The molecule has 4 nitrogen and oxygen atoms in total. The van der Waals surface area contributed by atoms with Gasteiger partial charge in [-0.25, -0.2) is 13.1 Å². The van der Waals surface area contributed by atoms with Crippen molar-refractivity contribution in [1.82, 2.24) is 4.72 Å². The van der Waals surface area contributed by atoms with E-state index in [9.17, 15) is 12.6 Å². The molecule has 0 saturated carbocycles. The third kappa shape index (κ3) is 4.53. The molecule has 0 aromatic heterocycles. The van der Waals surface area contributed by atoms with Crippen molar-refractivity contribution in [2.75, 3.05) is 0 Å². The van der Waals surface area contributed by atoms with Crippen molar-refractivity contribution < 1.29 is 12.6 Å². The van der Waals surface area contributed by atoms with Crippen molar-refractivity contribution in [1.29, 1.82) is 0 Å². The van der Waals surface area contributed by atoms with Crippen LogP contribution in [0, 0.1) is 6.92 Å². The van der Waals surface area contributed by atoms with Gasteiger partial charge in [0.2, 0.25) is 10.0 Å². The van der Waals surface area contributed by atoms with Gasteiger partial charge in [0, 0.05) is 16.2 Å². The molecule has 2 aromatic rings. The molecule has 24 heavy (non-hydrogen) atoms. The molecular weight excluding hydrogens is 342 g/mol. The minimum Gasteiger partial charge on any atom is -0.254 e. The summed E-state index contributed by atoms with van der Waals surface area (Å²) in [5, 5.41) is 0. The first-order chi connectivity index (χ1) is 11.1. The maximum atomic E-state index is 12.7. The Balaban J connectivity index is 2.24. The van der Waals surface area contributed by atoms with Gasteiger partial charge in [-0.2, -0.15) is 0 Å². The number of benzene rings is 2. The monoisotopic (exact) mass is 365 g/mol. The zero-order valence-corrected chi connectivity index (χ0v) is 16.0. The fraction of sp³-hybridized carbons (Fsp3) is 0.333. The largest absolute Gasteiger partial charge is 0.254 e. The molecule has 2 rings (SSSR count). The van der Waals surface area contributed by atoms with E-state index in [-0.39, 0.29) is 11.4 Å². The molecule has 0 aliphatic rings. The van der Waals surface area contributed by atoms with Crippen LogP contribution in [-0.2, 0) is 27.4 Å². The minimum absolute atomic E-state index is 0.105. The lowest BCUT2D eigenvalue weighted by Gasteiger charge is -2.20. The number of nitrogens with one attached hydrogen (secondary N) is 1. The third-order valence-corrected chi connectivity index (χ3v) is 6.84. The second-order valence-electron chi connectivity index (χ2n) is 6.63. The van der Waals surface area contributed by atoms with E-state index in [2.05, 4.69) is 4.72 Å². The third-order valence-electron chi connectivity index (χ3n) is 3.51. The lowest BCUT2D eigenvalue weighted by molar-refractivity contribution is 0.580. The van der Waals surface area contributed by atoms with E-state index in [1.165, 1.54) is 0 Å². The van der Waals surface area contributed by atoms with Crippen molar-refractivity contribution in [3.8, 4) is 0 Å². The van der Waals surface area contributed by atoms with E-state index in [1.807, 2.05) is 39.8 Å². The Morgan fingerprint density at radius 2 is 1.58 bits per heavy atom. The summed E-state index contributed by atoms with van der Waals surface area (Å²) < 4.78 is 39.7. The van der Waals surface area contributed by atoms with Gasteiger partial charge in [0.25, 0.3) is 0 Å². The summed E-state index contributed by atoms with van der Waals surface area (Å²) in [5.74, 6) is 0. The molecule has 0 radical (unpaired) electrons. The topological polar surface area (TPSA) is 63.2 Å². The van der Waals surface area contributed by atoms with Gasteiger partial charge in [0.15, 0.2) is 0 Å². The van der Waals surface area contributed by atoms with Crippen LogP contribution in [0.2, 0.25) is 0 Å². The van der Waals surface area contributed by atoms with Crippen LogP contribution in [0.3, 0.4) is 0 Å². The molecule has 0 heterocycles. The summed E-state index contributed by atoms with van der Waals surface area (Å²) in [6.45, 7) is 7.71. The van der Waals surface area contributed by atoms with E-state index in [4.69, 9.17) is 0 Å². The average molecular weight is 366 g/mol. The maximum Gasteiger partial charge on any atom is 0.240 e. The van der Waals surface area contributed by atoms with E-state index >= 15 is 0 Å². The SMILES string of the molecule is Cc1ccc(S(=O)(=O)NCc2ccccc2S(=O)C(C)(C)C)cc1. The second kappa shape index (κ2) is 7.17. The van der Waals surface area contributed by atoms with Crippen molar-refractivity contribution in [3.05, 3.63) is 59.7 Å². The van der Waals surface area contributed by atoms with Crippen LogP contribution in [0.1, 0.15) is 31.9 Å². The smallest absolute Gasteiger partial charge is 0.240 e. The van der Waals surface area contributed by atoms with E-state index in [1.54, 1.807) is 36.4 Å². The van der Waals surface area contributed by atoms with Crippen molar-refractivity contribution in [2.24, 2.45) is 0 Å². The first kappa shape index (κ1) is 18.8. The molecule has 1 N–H and O–H groups in total. The Hall–Kier alpha value is -1.50. The molecular formula is C18H23NO3S2. The highest BCUT2D eigenvalue weighted by Gasteiger charge is 2.24. The molecule has 1 atom stereocenters. The first-order valence-corrected chi connectivity index (χ1v) is 10.3. The van der Waals surface area contributed by atoms with Crippen molar-refractivity contribution in [3.63, 3.8) is 0 Å². The molecule has 0 saturated heterocycles. The molecule has 0 fully saturated rings. The van der Waals surface area contributed by atoms with Crippen LogP contribution in [0.25, 0.3) is 0 Å². The Kier molecular flexibility index (Phi) is 5.63. The van der Waals surface area contributed by atoms with Gasteiger partial charge in [0.05, 0.1) is 15.7 Å². The molecule has 2 aromatic carbocycles. The lowest BCUT2D eigenvalue weighted by atomic mass is 10.2. The normalized spacial score (nSPS) is 13.7. The molecule has 1 unspecified atom stereocenters. The van der Waals surface area contributed by atoms with E-state index < -0.39 is 25.6 Å². The van der Waals surface area contributed by atoms with Crippen LogP contribution in [-0.4, -0.2) is 17.4 Å². The Bertz CT molecular complexity index is 835. The Morgan fingerprint density at radius 1 is 1.00 bits per heavy atom. The number of hydrogen-bond donors (Lipinski definition) is 1. The predicted octanol–water partition coefficient (Wildman–Crippen LogP) is 3.38. The summed E-state index contributed by atoms with van der Waals surface area (Å²) in [6.07, 6.45) is 0. The predicted molar refractivity (Wildman–Crippen MR) is 97.8 cm³/mol. The average Bonchev–Trinajstić information content (AvgIpc) is 2.52. The summed E-state index contributed by atoms with van der Waals surface area (Å²) in [7, 11) is -4.83. The molecule has 0 spiro atoms.